The van der Waals surface area contributed by atoms with Crippen LogP contribution in [0.3, 0.4) is 0 Å². The van der Waals surface area contributed by atoms with Gasteiger partial charge in [0.15, 0.2) is 60.9 Å². The molecule has 29 nitrogen and oxygen atoms in total. The van der Waals surface area contributed by atoms with Crippen LogP contribution in [-0.4, -0.2) is 261 Å². The monoisotopic (exact) mass is 960 g/mol. The van der Waals surface area contributed by atoms with Gasteiger partial charge in [-0.15, -0.1) is 0 Å². The van der Waals surface area contributed by atoms with Crippen molar-refractivity contribution in [3.63, 3.8) is 0 Å². The molecule has 0 radical (unpaired) electrons. The van der Waals surface area contributed by atoms with Crippen molar-refractivity contribution in [3.8, 4) is 0 Å². The van der Waals surface area contributed by atoms with Crippen LogP contribution in [0.5, 0.6) is 0 Å². The summed E-state index contributed by atoms with van der Waals surface area (Å²) in [6, 6.07) is -4.95. The van der Waals surface area contributed by atoms with Crippen molar-refractivity contribution in [1.29, 1.82) is 0 Å². The minimum atomic E-state index is -2.38. The van der Waals surface area contributed by atoms with Crippen LogP contribution >= 0.6 is 0 Å². The highest BCUT2D eigenvalue weighted by atomic mass is 16.8. The summed E-state index contributed by atoms with van der Waals surface area (Å²) in [5.74, 6) is -1.03. The number of carbonyl (C=O) groups is 2. The first-order valence-corrected chi connectivity index (χ1v) is 21.1. The molecule has 1 aliphatic carbocycles. The fourth-order valence-electron chi connectivity index (χ4n) is 8.26. The fourth-order valence-corrected chi connectivity index (χ4v) is 8.26. The second-order valence-electron chi connectivity index (χ2n) is 16.5. The van der Waals surface area contributed by atoms with E-state index in [-0.39, 0.29) is 6.29 Å². The number of aldehydes is 2. The predicted molar refractivity (Wildman–Crippen MR) is 220 cm³/mol. The number of aliphatic hydroxyl groups is 11. The van der Waals surface area contributed by atoms with E-state index in [1.54, 1.807) is 0 Å². The Morgan fingerprint density at radius 1 is 0.606 bits per heavy atom. The summed E-state index contributed by atoms with van der Waals surface area (Å²) >= 11 is 0. The van der Waals surface area contributed by atoms with E-state index in [2.05, 4.69) is 20.6 Å². The van der Waals surface area contributed by atoms with Crippen LogP contribution in [0, 0.1) is 0 Å². The summed E-state index contributed by atoms with van der Waals surface area (Å²) in [6.07, 6.45) is -24.3. The van der Waals surface area contributed by atoms with E-state index in [1.807, 2.05) is 6.92 Å². The van der Waals surface area contributed by atoms with Gasteiger partial charge in [-0.05, 0) is 34.4 Å². The van der Waals surface area contributed by atoms with Crippen molar-refractivity contribution in [1.82, 2.24) is 10.6 Å². The molecule has 4 heterocycles. The van der Waals surface area contributed by atoms with Crippen molar-refractivity contribution in [2.75, 3.05) is 33.9 Å². The second kappa shape index (κ2) is 23.6. The lowest BCUT2D eigenvalue weighted by Gasteiger charge is -2.45. The van der Waals surface area contributed by atoms with E-state index in [0.29, 0.717) is 19.3 Å². The quantitative estimate of drug-likeness (QED) is 0.0366. The first-order valence-electron chi connectivity index (χ1n) is 21.1. The summed E-state index contributed by atoms with van der Waals surface area (Å²) in [6.45, 7) is 3.82. The van der Waals surface area contributed by atoms with Crippen LogP contribution in [0.1, 0.15) is 27.2 Å². The summed E-state index contributed by atoms with van der Waals surface area (Å²) < 4.78 is 45.3. The molecule has 66 heavy (non-hydrogen) atoms. The van der Waals surface area contributed by atoms with Crippen LogP contribution < -0.4 is 33.6 Å². The van der Waals surface area contributed by atoms with Crippen LogP contribution in [-0.2, 0) is 47.5 Å². The molecule has 0 unspecified atom stereocenters. The fraction of sp³-hybridized carbons (Fsp3) is 0.892. The number of aliphatic hydroxyl groups excluding tert-OH is 9. The molecular weight excluding hydrogens is 892 g/mol. The molecule has 0 aromatic rings. The number of nitrogens with two attached hydrogens (primary N) is 4. The average molecular weight is 961 g/mol. The molecular formula is C37H68N8O21. The number of ether oxygens (including phenoxy) is 8. The molecule has 29 heteroatoms. The average Bonchev–Trinajstić information content (AvgIpc) is 3.66. The van der Waals surface area contributed by atoms with Crippen LogP contribution in [0.2, 0.25) is 0 Å². The van der Waals surface area contributed by atoms with Gasteiger partial charge in [-0.25, -0.2) is 9.98 Å². The number of hydrogen-bond acceptors (Lipinski definition) is 25. The number of carbonyl (C=O) groups excluding carboxylic acids is 2. The lowest BCUT2D eigenvalue weighted by atomic mass is 9.81. The van der Waals surface area contributed by atoms with E-state index in [4.69, 9.17) is 60.8 Å². The van der Waals surface area contributed by atoms with Gasteiger partial charge < -0.3 is 128 Å². The molecule has 0 spiro atoms. The Hall–Kier alpha value is -2.96. The molecule has 24 atom stereocenters. The van der Waals surface area contributed by atoms with E-state index in [9.17, 15) is 65.8 Å². The van der Waals surface area contributed by atoms with Crippen molar-refractivity contribution in [3.05, 3.63) is 0 Å². The largest absolute Gasteiger partial charge is 0.394 e. The molecule has 21 N–H and O–H groups in total. The summed E-state index contributed by atoms with van der Waals surface area (Å²) in [5, 5.41) is 120. The van der Waals surface area contributed by atoms with Gasteiger partial charge in [0.1, 0.15) is 85.3 Å². The van der Waals surface area contributed by atoms with Gasteiger partial charge in [0.05, 0.1) is 37.5 Å². The SMILES string of the molecule is CCCO[C@H]1O[C@H](C)[C@](O)(C=O)[C@@H]1O[C@H]1O[C@H](CO)[C@H](O)[C@H](O)[C@H]1NC.CN[C@@H]1[C@H](O[C@@H]2[C@@H](O[C@@H]3[C@@H](O)[C@H](O)[C@H](N=C(N)N)[C@H](O)[C@@H]3N=C(N)N)O[C@H](C)[C@]2(O)C=O)O[C@@H](CO)[C@@H](O)[C@H]1O. The van der Waals surface area contributed by atoms with Gasteiger partial charge in [-0.2, -0.15) is 0 Å². The third-order valence-electron chi connectivity index (χ3n) is 12.2. The molecule has 1 saturated carbocycles. The standard InChI is InChI=1S/C21H39N7O12.C16H29NO9/c1-5-21(36,4-30)16(40-17-9(26-2)13(34)10(31)6(3-29)38-17)18(37-5)39-15-8(28-20(24)25)11(32)7(27-19(22)23)12(33)14(15)35;1-4-5-23-15-13(16(22,7-19)8(2)24-15)26-14-10(17-3)12(21)11(20)9(6-18)25-14/h4-18,26,29,31-36H,3H2,1-2H3,(H4,22,23,27)(H4,24,25,28);7-15,17-18,20-22H,4-6H2,1-3H3/t5-,6+,7-,8+,9+,10-,11+,12-,13+,14+,15+,16-,17+,18-,21-;8-,9-,10-,11+,12-,13-,14-,15+,16-/m11/s1. The summed E-state index contributed by atoms with van der Waals surface area (Å²) in [7, 11) is 2.95. The summed E-state index contributed by atoms with van der Waals surface area (Å²) in [4.78, 5) is 31.2. The van der Waals surface area contributed by atoms with Crippen molar-refractivity contribution >= 4 is 24.5 Å². The maximum absolute atomic E-state index is 12.1. The molecule has 0 aromatic heterocycles. The van der Waals surface area contributed by atoms with Crippen LogP contribution in [0.15, 0.2) is 9.98 Å². The van der Waals surface area contributed by atoms with E-state index < -0.39 is 171 Å². The highest BCUT2D eigenvalue weighted by Gasteiger charge is 2.62. The Kier molecular flexibility index (Phi) is 19.9. The van der Waals surface area contributed by atoms with Gasteiger partial charge in [0.2, 0.25) is 0 Å². The second-order valence-corrected chi connectivity index (χ2v) is 16.5. The molecule has 4 saturated heterocycles. The minimum Gasteiger partial charge on any atom is -0.394 e. The Balaban J connectivity index is 0.000000316. The number of aliphatic imine (C=N–C) groups is 2. The van der Waals surface area contributed by atoms with Crippen LogP contribution in [0.4, 0.5) is 0 Å². The van der Waals surface area contributed by atoms with Gasteiger partial charge in [-0.3, -0.25) is 9.59 Å². The maximum Gasteiger partial charge on any atom is 0.188 e. The Labute approximate surface area is 378 Å². The zero-order chi connectivity index (χ0) is 49.6. The topological polar surface area (TPSA) is 483 Å². The molecule has 0 amide bonds. The van der Waals surface area contributed by atoms with Crippen molar-refractivity contribution < 1.29 is 104 Å². The van der Waals surface area contributed by atoms with Crippen molar-refractivity contribution in [2.45, 2.75) is 173 Å². The number of hydrogen-bond donors (Lipinski definition) is 17. The normalized spacial score (nSPS) is 47.0. The zero-order valence-corrected chi connectivity index (χ0v) is 36.9. The molecule has 5 rings (SSSR count). The molecule has 5 fully saturated rings. The van der Waals surface area contributed by atoms with Gasteiger partial charge in [0, 0.05) is 6.61 Å². The first kappa shape index (κ1) is 55.6. The van der Waals surface area contributed by atoms with Gasteiger partial charge >= 0.3 is 0 Å². The Bertz CT molecular complexity index is 1620. The number of nitrogens with one attached hydrogen (secondary N) is 2. The van der Waals surface area contributed by atoms with E-state index in [1.165, 1.54) is 27.9 Å². The lowest BCUT2D eigenvalue weighted by Crippen LogP contribution is -2.66. The summed E-state index contributed by atoms with van der Waals surface area (Å²) in [5.41, 5.74) is 17.4. The number of rotatable bonds is 17. The number of likely N-dealkylation sites (N-methyl/N-ethyl adjacent to an activating group) is 2. The Morgan fingerprint density at radius 3 is 1.42 bits per heavy atom. The predicted octanol–water partition coefficient (Wildman–Crippen LogP) is -10.7. The third-order valence-corrected chi connectivity index (χ3v) is 12.2. The highest BCUT2D eigenvalue weighted by molar-refractivity contribution is 5.76. The van der Waals surface area contributed by atoms with E-state index >= 15 is 0 Å². The molecule has 382 valence electrons. The van der Waals surface area contributed by atoms with Crippen LogP contribution in [0.25, 0.3) is 0 Å². The lowest BCUT2D eigenvalue weighted by molar-refractivity contribution is -0.314. The molecule has 4 aliphatic heterocycles. The first-order chi connectivity index (χ1) is 31.0. The third kappa shape index (κ3) is 11.4. The maximum atomic E-state index is 12.1. The Morgan fingerprint density at radius 2 is 1.03 bits per heavy atom. The number of guanidine groups is 2. The zero-order valence-electron chi connectivity index (χ0n) is 36.9. The van der Waals surface area contributed by atoms with Gasteiger partial charge in [-0.1, -0.05) is 6.92 Å². The molecule has 0 bridgehead atoms. The number of nitrogens with zero attached hydrogens (tertiary/aromatic N) is 2. The van der Waals surface area contributed by atoms with Gasteiger partial charge in [0.25, 0.3) is 0 Å². The molecule has 0 aromatic carbocycles. The van der Waals surface area contributed by atoms with E-state index in [0.717, 1.165) is 0 Å². The van der Waals surface area contributed by atoms with Crippen molar-refractivity contribution in [2.24, 2.45) is 32.9 Å². The smallest absolute Gasteiger partial charge is 0.188 e. The minimum absolute atomic E-state index is 0.140. The molecule has 5 aliphatic rings. The highest BCUT2D eigenvalue weighted by Crippen LogP contribution is 2.39.